The summed E-state index contributed by atoms with van der Waals surface area (Å²) in [6, 6.07) is 3.32. The topological polar surface area (TPSA) is 70.5 Å². The van der Waals surface area contributed by atoms with E-state index in [2.05, 4.69) is 5.16 Å². The van der Waals surface area contributed by atoms with Crippen LogP contribution >= 0.6 is 11.6 Å². The van der Waals surface area contributed by atoms with Crippen molar-refractivity contribution in [2.45, 2.75) is 6.92 Å². The molecule has 0 aliphatic carbocycles. The first-order valence-electron chi connectivity index (χ1n) is 4.98. The third-order valence-corrected chi connectivity index (χ3v) is 2.93. The van der Waals surface area contributed by atoms with Gasteiger partial charge in [0.05, 0.1) is 5.02 Å². The minimum absolute atomic E-state index is 0.203. The van der Waals surface area contributed by atoms with Crippen molar-refractivity contribution in [3.63, 3.8) is 0 Å². The summed E-state index contributed by atoms with van der Waals surface area (Å²) in [5, 5.41) is 4.16. The van der Waals surface area contributed by atoms with Gasteiger partial charge in [-0.1, -0.05) is 16.8 Å². The second kappa shape index (κ2) is 3.56. The Kier molecular flexibility index (Phi) is 2.16. The highest BCUT2D eigenvalue weighted by atomic mass is 35.5. The highest BCUT2D eigenvalue weighted by Crippen LogP contribution is 2.45. The number of nitrogens with zero attached hydrogens (tertiary/aromatic N) is 1. The lowest BCUT2D eigenvalue weighted by atomic mass is 10.0. The van der Waals surface area contributed by atoms with Gasteiger partial charge in [-0.2, -0.15) is 0 Å². The first-order chi connectivity index (χ1) is 8.16. The van der Waals surface area contributed by atoms with E-state index >= 15 is 0 Å². The Morgan fingerprint density at radius 3 is 2.88 bits per heavy atom. The average molecular weight is 253 g/mol. The van der Waals surface area contributed by atoms with Crippen molar-refractivity contribution in [2.24, 2.45) is 0 Å². The molecule has 0 spiro atoms. The lowest BCUT2D eigenvalue weighted by Gasteiger charge is -2.07. The molecule has 1 aliphatic heterocycles. The predicted molar refractivity (Wildman–Crippen MR) is 62.2 cm³/mol. The number of anilines is 1. The monoisotopic (exact) mass is 252 g/mol. The number of hydrogen-bond acceptors (Lipinski definition) is 5. The van der Waals surface area contributed by atoms with Gasteiger partial charge < -0.3 is 19.7 Å². The van der Waals surface area contributed by atoms with E-state index in [0.717, 1.165) is 11.1 Å². The number of nitrogens with two attached hydrogens (primary N) is 1. The van der Waals surface area contributed by atoms with E-state index in [9.17, 15) is 0 Å². The van der Waals surface area contributed by atoms with E-state index in [1.165, 1.54) is 0 Å². The molecular weight excluding hydrogens is 244 g/mol. The Morgan fingerprint density at radius 2 is 2.18 bits per heavy atom. The summed E-state index contributed by atoms with van der Waals surface area (Å²) in [5.41, 5.74) is 7.10. The first kappa shape index (κ1) is 10.3. The maximum absolute atomic E-state index is 6.19. The fourth-order valence-electron chi connectivity index (χ4n) is 1.88. The van der Waals surface area contributed by atoms with E-state index in [1.807, 2.05) is 6.92 Å². The molecule has 2 N–H and O–H groups in total. The largest absolute Gasteiger partial charge is 0.454 e. The molecule has 0 saturated heterocycles. The Bertz CT molecular complexity index is 595. The minimum atomic E-state index is 0.203. The molecule has 6 heteroatoms. The number of fused-ring (bicyclic) bond motifs is 1. The summed E-state index contributed by atoms with van der Waals surface area (Å²) in [5.74, 6) is 2.15. The van der Waals surface area contributed by atoms with Crippen LogP contribution in [0.4, 0.5) is 5.82 Å². The number of hydrogen-bond donors (Lipinski definition) is 1. The van der Waals surface area contributed by atoms with E-state index in [-0.39, 0.29) is 6.79 Å². The molecular formula is C11H9ClN2O3. The molecule has 2 heterocycles. The third kappa shape index (κ3) is 1.51. The van der Waals surface area contributed by atoms with Crippen LogP contribution in [0.3, 0.4) is 0 Å². The van der Waals surface area contributed by atoms with Gasteiger partial charge in [0.25, 0.3) is 0 Å². The summed E-state index contributed by atoms with van der Waals surface area (Å²) in [6.45, 7) is 2.09. The summed E-state index contributed by atoms with van der Waals surface area (Å²) in [4.78, 5) is 0. The molecule has 0 fully saturated rings. The van der Waals surface area contributed by atoms with Crippen LogP contribution in [0.1, 0.15) is 5.56 Å². The van der Waals surface area contributed by atoms with Crippen LogP contribution in [0.5, 0.6) is 11.5 Å². The Morgan fingerprint density at radius 1 is 1.35 bits per heavy atom. The Hall–Kier alpha value is -1.88. The van der Waals surface area contributed by atoms with Gasteiger partial charge in [0.15, 0.2) is 23.1 Å². The zero-order valence-electron chi connectivity index (χ0n) is 8.99. The highest BCUT2D eigenvalue weighted by Gasteiger charge is 2.23. The maximum Gasteiger partial charge on any atom is 0.231 e. The third-order valence-electron chi connectivity index (χ3n) is 2.63. The van der Waals surface area contributed by atoms with E-state index < -0.39 is 0 Å². The summed E-state index contributed by atoms with van der Waals surface area (Å²) in [7, 11) is 0. The lowest BCUT2D eigenvalue weighted by Crippen LogP contribution is -1.93. The van der Waals surface area contributed by atoms with E-state index in [4.69, 9.17) is 31.3 Å². The zero-order valence-corrected chi connectivity index (χ0v) is 9.75. The van der Waals surface area contributed by atoms with Gasteiger partial charge >= 0.3 is 0 Å². The maximum atomic E-state index is 6.19. The zero-order chi connectivity index (χ0) is 12.0. The summed E-state index contributed by atoms with van der Waals surface area (Å²) >= 11 is 6.19. The first-order valence-corrected chi connectivity index (χ1v) is 5.36. The van der Waals surface area contributed by atoms with Crippen LogP contribution in [0.15, 0.2) is 16.7 Å². The van der Waals surface area contributed by atoms with Crippen molar-refractivity contribution < 1.29 is 14.0 Å². The van der Waals surface area contributed by atoms with Crippen molar-refractivity contribution in [1.29, 1.82) is 0 Å². The SMILES string of the molecule is Cc1c2c(cc(Cl)c1-c1cc(N)no1)OCO2. The summed E-state index contributed by atoms with van der Waals surface area (Å²) < 4.78 is 15.8. The number of nitrogen functional groups attached to an aromatic ring is 1. The summed E-state index contributed by atoms with van der Waals surface area (Å²) in [6.07, 6.45) is 0. The van der Waals surface area contributed by atoms with Crippen LogP contribution in [0.2, 0.25) is 5.02 Å². The quantitative estimate of drug-likeness (QED) is 0.845. The number of halogens is 1. The van der Waals surface area contributed by atoms with Crippen molar-refractivity contribution in [2.75, 3.05) is 12.5 Å². The Labute approximate surface area is 102 Å². The molecule has 0 unspecified atom stereocenters. The van der Waals surface area contributed by atoms with Gasteiger partial charge in [-0.3, -0.25) is 0 Å². The van der Waals surface area contributed by atoms with Gasteiger partial charge in [-0.15, -0.1) is 0 Å². The normalized spacial score (nSPS) is 13.1. The average Bonchev–Trinajstić information content (AvgIpc) is 2.87. The van der Waals surface area contributed by atoms with E-state index in [1.54, 1.807) is 12.1 Å². The van der Waals surface area contributed by atoms with Crippen LogP contribution in [0, 0.1) is 6.92 Å². The fourth-order valence-corrected chi connectivity index (χ4v) is 2.21. The number of rotatable bonds is 1. The molecule has 0 radical (unpaired) electrons. The Balaban J connectivity index is 2.23. The van der Waals surface area contributed by atoms with Gasteiger partial charge in [0.1, 0.15) is 0 Å². The number of ether oxygens (including phenoxy) is 2. The van der Waals surface area contributed by atoms with Crippen LogP contribution < -0.4 is 15.2 Å². The number of benzene rings is 1. The molecule has 5 nitrogen and oxygen atoms in total. The fraction of sp³-hybridized carbons (Fsp3) is 0.182. The molecule has 1 aromatic carbocycles. The van der Waals surface area contributed by atoms with Crippen molar-refractivity contribution in [3.8, 4) is 22.8 Å². The molecule has 1 aliphatic rings. The van der Waals surface area contributed by atoms with Gasteiger partial charge in [-0.25, -0.2) is 0 Å². The predicted octanol–water partition coefficient (Wildman–Crippen LogP) is 2.61. The minimum Gasteiger partial charge on any atom is -0.454 e. The van der Waals surface area contributed by atoms with Crippen LogP contribution in [0.25, 0.3) is 11.3 Å². The highest BCUT2D eigenvalue weighted by molar-refractivity contribution is 6.33. The molecule has 17 heavy (non-hydrogen) atoms. The van der Waals surface area contributed by atoms with Crippen molar-refractivity contribution in [1.82, 2.24) is 5.16 Å². The van der Waals surface area contributed by atoms with Crippen molar-refractivity contribution in [3.05, 3.63) is 22.7 Å². The lowest BCUT2D eigenvalue weighted by molar-refractivity contribution is 0.173. The molecule has 0 bridgehead atoms. The molecule has 0 amide bonds. The second-order valence-corrected chi connectivity index (χ2v) is 4.12. The molecule has 0 saturated carbocycles. The smallest absolute Gasteiger partial charge is 0.231 e. The molecule has 88 valence electrons. The van der Waals surface area contributed by atoms with Gasteiger partial charge in [-0.05, 0) is 6.92 Å². The van der Waals surface area contributed by atoms with Crippen LogP contribution in [-0.2, 0) is 0 Å². The molecule has 3 rings (SSSR count). The van der Waals surface area contributed by atoms with Crippen molar-refractivity contribution >= 4 is 17.4 Å². The second-order valence-electron chi connectivity index (χ2n) is 3.71. The number of aromatic nitrogens is 1. The molecule has 0 atom stereocenters. The molecule has 2 aromatic rings. The van der Waals surface area contributed by atoms with Crippen LogP contribution in [-0.4, -0.2) is 11.9 Å². The van der Waals surface area contributed by atoms with E-state index in [0.29, 0.717) is 28.1 Å². The van der Waals surface area contributed by atoms with Gasteiger partial charge in [0, 0.05) is 23.3 Å². The van der Waals surface area contributed by atoms with Gasteiger partial charge in [0.2, 0.25) is 6.79 Å². The molecule has 1 aromatic heterocycles. The standard InChI is InChI=1S/C11H9ClN2O3/c1-5-10(7-3-9(13)14-17-7)6(12)2-8-11(5)16-4-15-8/h2-3H,4H2,1H3,(H2,13,14).